The van der Waals surface area contributed by atoms with Crippen LogP contribution in [-0.2, 0) is 13.1 Å². The van der Waals surface area contributed by atoms with Gasteiger partial charge in [-0.05, 0) is 32.1 Å². The molecule has 1 atom stereocenters. The zero-order valence-corrected chi connectivity index (χ0v) is 13.8. The van der Waals surface area contributed by atoms with Crippen LogP contribution >= 0.6 is 0 Å². The second-order valence-electron chi connectivity index (χ2n) is 6.01. The van der Waals surface area contributed by atoms with Gasteiger partial charge < -0.3 is 5.32 Å². The highest BCUT2D eigenvalue weighted by molar-refractivity contribution is 5.88. The number of nitrogens with zero attached hydrogens (tertiary/aromatic N) is 4. The number of anilines is 1. The van der Waals surface area contributed by atoms with Gasteiger partial charge in [0.05, 0.1) is 30.3 Å². The maximum absolute atomic E-state index is 12.1. The van der Waals surface area contributed by atoms with Crippen molar-refractivity contribution in [3.8, 4) is 0 Å². The Hall–Kier alpha value is -2.70. The predicted octanol–water partition coefficient (Wildman–Crippen LogP) is 2.66. The SMILES string of the molecule is Cc1cnc(CNC(=O)Nc2ccnn2CC2CC=CCC2)cn1. The minimum absolute atomic E-state index is 0.275. The molecular formula is C17H22N6O. The van der Waals surface area contributed by atoms with Gasteiger partial charge in [-0.1, -0.05) is 12.2 Å². The van der Waals surface area contributed by atoms with Crippen LogP contribution in [-0.4, -0.2) is 25.8 Å². The van der Waals surface area contributed by atoms with Crippen molar-refractivity contribution in [3.63, 3.8) is 0 Å². The Morgan fingerprint density at radius 1 is 1.33 bits per heavy atom. The molecule has 1 unspecified atom stereocenters. The summed E-state index contributed by atoms with van der Waals surface area (Å²) in [6.07, 6.45) is 12.8. The number of carbonyl (C=O) groups is 1. The van der Waals surface area contributed by atoms with Crippen LogP contribution in [0.2, 0.25) is 0 Å². The van der Waals surface area contributed by atoms with Crippen molar-refractivity contribution in [2.75, 3.05) is 5.32 Å². The van der Waals surface area contributed by atoms with Gasteiger partial charge in [0.15, 0.2) is 0 Å². The predicted molar refractivity (Wildman–Crippen MR) is 91.3 cm³/mol. The molecule has 0 aliphatic heterocycles. The Morgan fingerprint density at radius 3 is 3.00 bits per heavy atom. The number of nitrogens with one attached hydrogen (secondary N) is 2. The molecule has 3 rings (SSSR count). The first-order valence-electron chi connectivity index (χ1n) is 8.20. The van der Waals surface area contributed by atoms with Crippen LogP contribution in [0.3, 0.4) is 0 Å². The van der Waals surface area contributed by atoms with E-state index < -0.39 is 0 Å². The van der Waals surface area contributed by atoms with Gasteiger partial charge in [-0.2, -0.15) is 5.10 Å². The highest BCUT2D eigenvalue weighted by Crippen LogP contribution is 2.21. The molecule has 24 heavy (non-hydrogen) atoms. The van der Waals surface area contributed by atoms with E-state index in [0.29, 0.717) is 18.3 Å². The molecule has 2 aromatic heterocycles. The minimum atomic E-state index is -0.275. The average Bonchev–Trinajstić information content (AvgIpc) is 3.02. The molecule has 0 aromatic carbocycles. The molecule has 7 heteroatoms. The first-order chi connectivity index (χ1) is 11.7. The van der Waals surface area contributed by atoms with Crippen molar-refractivity contribution < 1.29 is 4.79 Å². The molecule has 0 radical (unpaired) electrons. The van der Waals surface area contributed by atoms with Gasteiger partial charge in [0.1, 0.15) is 5.82 Å². The van der Waals surface area contributed by atoms with E-state index in [1.807, 2.05) is 17.7 Å². The third-order valence-corrected chi connectivity index (χ3v) is 4.03. The van der Waals surface area contributed by atoms with E-state index in [1.54, 1.807) is 18.6 Å². The fourth-order valence-electron chi connectivity index (χ4n) is 2.69. The van der Waals surface area contributed by atoms with Crippen LogP contribution < -0.4 is 10.6 Å². The highest BCUT2D eigenvalue weighted by atomic mass is 16.2. The number of rotatable bonds is 5. The van der Waals surface area contributed by atoms with Gasteiger partial charge in [-0.25, -0.2) is 9.48 Å². The Bertz CT molecular complexity index is 706. The zero-order chi connectivity index (χ0) is 16.8. The summed E-state index contributed by atoms with van der Waals surface area (Å²) in [6.45, 7) is 3.03. The lowest BCUT2D eigenvalue weighted by Gasteiger charge is -2.19. The normalized spacial score (nSPS) is 16.8. The van der Waals surface area contributed by atoms with E-state index in [4.69, 9.17) is 0 Å². The maximum atomic E-state index is 12.1. The summed E-state index contributed by atoms with van der Waals surface area (Å²) in [5.74, 6) is 1.28. The maximum Gasteiger partial charge on any atom is 0.320 e. The molecule has 2 N–H and O–H groups in total. The van der Waals surface area contributed by atoms with Crippen LogP contribution in [0, 0.1) is 12.8 Å². The Balaban J connectivity index is 1.52. The quantitative estimate of drug-likeness (QED) is 0.827. The number of allylic oxidation sites excluding steroid dienone is 2. The Labute approximate surface area is 141 Å². The summed E-state index contributed by atoms with van der Waals surface area (Å²) >= 11 is 0. The summed E-state index contributed by atoms with van der Waals surface area (Å²) in [5, 5.41) is 9.95. The van der Waals surface area contributed by atoms with Crippen molar-refractivity contribution in [2.45, 2.75) is 39.3 Å². The molecule has 126 valence electrons. The molecule has 2 amide bonds. The molecule has 2 aromatic rings. The lowest BCUT2D eigenvalue weighted by atomic mass is 9.94. The van der Waals surface area contributed by atoms with Gasteiger partial charge in [0.25, 0.3) is 0 Å². The van der Waals surface area contributed by atoms with Crippen LogP contribution in [0.5, 0.6) is 0 Å². The molecule has 1 aliphatic carbocycles. The minimum Gasteiger partial charge on any atom is -0.332 e. The fraction of sp³-hybridized carbons (Fsp3) is 0.412. The zero-order valence-electron chi connectivity index (χ0n) is 13.8. The smallest absolute Gasteiger partial charge is 0.320 e. The van der Waals surface area contributed by atoms with Crippen molar-refractivity contribution in [1.29, 1.82) is 0 Å². The lowest BCUT2D eigenvalue weighted by Crippen LogP contribution is -2.30. The number of urea groups is 1. The third kappa shape index (κ3) is 4.41. The number of hydrogen-bond acceptors (Lipinski definition) is 4. The van der Waals surface area contributed by atoms with Crippen molar-refractivity contribution in [3.05, 3.63) is 48.2 Å². The van der Waals surface area contributed by atoms with E-state index in [0.717, 1.165) is 37.2 Å². The first-order valence-corrected chi connectivity index (χ1v) is 8.20. The summed E-state index contributed by atoms with van der Waals surface area (Å²) in [7, 11) is 0. The molecule has 7 nitrogen and oxygen atoms in total. The molecule has 0 saturated carbocycles. The summed E-state index contributed by atoms with van der Waals surface area (Å²) in [6, 6.07) is 1.53. The van der Waals surface area contributed by atoms with Crippen LogP contribution in [0.1, 0.15) is 30.7 Å². The summed E-state index contributed by atoms with van der Waals surface area (Å²) < 4.78 is 1.86. The van der Waals surface area contributed by atoms with E-state index in [1.165, 1.54) is 0 Å². The van der Waals surface area contributed by atoms with Crippen LogP contribution in [0.15, 0.2) is 36.8 Å². The molecule has 0 fully saturated rings. The number of aromatic nitrogens is 4. The van der Waals surface area contributed by atoms with E-state index in [9.17, 15) is 4.79 Å². The fourth-order valence-corrected chi connectivity index (χ4v) is 2.69. The van der Waals surface area contributed by atoms with E-state index >= 15 is 0 Å². The van der Waals surface area contributed by atoms with Crippen LogP contribution in [0.4, 0.5) is 10.6 Å². The third-order valence-electron chi connectivity index (χ3n) is 4.03. The standard InChI is InChI=1S/C17H22N6O/c1-13-9-19-15(10-18-13)11-20-17(24)22-16-7-8-21-23(16)12-14-5-3-2-4-6-14/h2-3,7-10,14H,4-6,11-12H2,1H3,(H2,20,22,24). The summed E-state index contributed by atoms with van der Waals surface area (Å²) in [5.41, 5.74) is 1.57. The van der Waals surface area contributed by atoms with Crippen molar-refractivity contribution >= 4 is 11.8 Å². The Morgan fingerprint density at radius 2 is 2.25 bits per heavy atom. The lowest BCUT2D eigenvalue weighted by molar-refractivity contribution is 0.251. The first kappa shape index (κ1) is 16.2. The largest absolute Gasteiger partial charge is 0.332 e. The molecule has 1 aliphatic rings. The van der Waals surface area contributed by atoms with Gasteiger partial charge in [0.2, 0.25) is 0 Å². The van der Waals surface area contributed by atoms with Crippen molar-refractivity contribution in [1.82, 2.24) is 25.1 Å². The molecule has 2 heterocycles. The number of aryl methyl sites for hydroxylation is 1. The monoisotopic (exact) mass is 326 g/mol. The number of amides is 2. The van der Waals surface area contributed by atoms with Gasteiger partial charge >= 0.3 is 6.03 Å². The van der Waals surface area contributed by atoms with Gasteiger partial charge in [-0.15, -0.1) is 0 Å². The van der Waals surface area contributed by atoms with Crippen molar-refractivity contribution in [2.24, 2.45) is 5.92 Å². The van der Waals surface area contributed by atoms with Gasteiger partial charge in [0, 0.05) is 18.8 Å². The topological polar surface area (TPSA) is 84.7 Å². The average molecular weight is 326 g/mol. The number of carbonyl (C=O) groups excluding carboxylic acids is 1. The van der Waals surface area contributed by atoms with Crippen LogP contribution in [0.25, 0.3) is 0 Å². The summed E-state index contributed by atoms with van der Waals surface area (Å²) in [4.78, 5) is 20.4. The van der Waals surface area contributed by atoms with E-state index in [-0.39, 0.29) is 6.03 Å². The highest BCUT2D eigenvalue weighted by Gasteiger charge is 2.14. The molecule has 0 spiro atoms. The van der Waals surface area contributed by atoms with Gasteiger partial charge in [-0.3, -0.25) is 15.3 Å². The number of hydrogen-bond donors (Lipinski definition) is 2. The second kappa shape index (κ2) is 7.72. The molecule has 0 bridgehead atoms. The molecular weight excluding hydrogens is 304 g/mol. The second-order valence-corrected chi connectivity index (χ2v) is 6.01. The molecule has 0 saturated heterocycles. The van der Waals surface area contributed by atoms with E-state index in [2.05, 4.69) is 37.9 Å². The Kier molecular flexibility index (Phi) is 5.20.